The van der Waals surface area contributed by atoms with Crippen LogP contribution in [0.4, 0.5) is 0 Å². The second-order valence-corrected chi connectivity index (χ2v) is 7.68. The zero-order valence-corrected chi connectivity index (χ0v) is 12.9. The number of methoxy groups -OCH3 is 1. The van der Waals surface area contributed by atoms with Gasteiger partial charge in [0.2, 0.25) is 0 Å². The lowest BCUT2D eigenvalue weighted by Crippen LogP contribution is -2.30. The van der Waals surface area contributed by atoms with Gasteiger partial charge in [-0.3, -0.25) is 0 Å². The molecule has 4 nitrogen and oxygen atoms in total. The highest BCUT2D eigenvalue weighted by molar-refractivity contribution is 7.92. The molecule has 112 valence electrons. The summed E-state index contributed by atoms with van der Waals surface area (Å²) in [4.78, 5) is 0. The van der Waals surface area contributed by atoms with Crippen molar-refractivity contribution in [2.75, 3.05) is 19.9 Å². The molecule has 0 heterocycles. The van der Waals surface area contributed by atoms with E-state index in [1.807, 2.05) is 24.3 Å². The van der Waals surface area contributed by atoms with Crippen LogP contribution in [0.2, 0.25) is 0 Å². The van der Waals surface area contributed by atoms with Crippen LogP contribution in [0.5, 0.6) is 5.75 Å². The number of ether oxygens (including phenoxy) is 1. The Bertz CT molecular complexity index is 519. The summed E-state index contributed by atoms with van der Waals surface area (Å²) in [5, 5.41) is 2.97. The first-order chi connectivity index (χ1) is 9.56. The maximum atomic E-state index is 12.4. The van der Waals surface area contributed by atoms with Crippen molar-refractivity contribution in [3.05, 3.63) is 29.8 Å². The largest absolute Gasteiger partial charge is 0.497 e. The van der Waals surface area contributed by atoms with Crippen LogP contribution in [-0.4, -0.2) is 33.6 Å². The molecule has 1 N–H and O–H groups in total. The summed E-state index contributed by atoms with van der Waals surface area (Å²) in [5.41, 5.74) is 0.981. The van der Waals surface area contributed by atoms with Gasteiger partial charge >= 0.3 is 0 Å². The molecule has 0 radical (unpaired) electrons. The van der Waals surface area contributed by atoms with Crippen molar-refractivity contribution in [3.63, 3.8) is 0 Å². The van der Waals surface area contributed by atoms with E-state index in [4.69, 9.17) is 4.74 Å². The maximum Gasteiger partial charge on any atom is 0.155 e. The average Bonchev–Trinajstić information content (AvgIpc) is 3.00. The van der Waals surface area contributed by atoms with Gasteiger partial charge in [-0.05, 0) is 37.6 Å². The molecule has 1 atom stereocenters. The normalized spacial score (nSPS) is 18.1. The molecule has 1 saturated carbocycles. The van der Waals surface area contributed by atoms with Crippen molar-refractivity contribution < 1.29 is 13.2 Å². The van der Waals surface area contributed by atoms with E-state index in [9.17, 15) is 8.42 Å². The van der Waals surface area contributed by atoms with Crippen LogP contribution in [0, 0.1) is 0 Å². The number of nitrogens with one attached hydrogen (secondary N) is 1. The highest BCUT2D eigenvalue weighted by atomic mass is 32.2. The summed E-state index contributed by atoms with van der Waals surface area (Å²) < 4.78 is 30.0. The third-order valence-corrected chi connectivity index (χ3v) is 6.36. The highest BCUT2D eigenvalue weighted by Crippen LogP contribution is 2.28. The molecule has 1 aliphatic carbocycles. The van der Waals surface area contributed by atoms with Crippen molar-refractivity contribution in [1.29, 1.82) is 0 Å². The van der Waals surface area contributed by atoms with Gasteiger partial charge in [0.15, 0.2) is 9.84 Å². The predicted molar refractivity (Wildman–Crippen MR) is 80.8 cm³/mol. The molecule has 1 fully saturated rings. The lowest BCUT2D eigenvalue weighted by atomic mass is 10.1. The van der Waals surface area contributed by atoms with E-state index in [1.165, 1.54) is 0 Å². The minimum absolute atomic E-state index is 0.142. The topological polar surface area (TPSA) is 55.4 Å². The second kappa shape index (κ2) is 6.59. The third kappa shape index (κ3) is 3.52. The van der Waals surface area contributed by atoms with Gasteiger partial charge in [0.1, 0.15) is 5.75 Å². The van der Waals surface area contributed by atoms with E-state index in [-0.39, 0.29) is 17.0 Å². The standard InChI is InChI=1S/C15H23NO3S/c1-16-15(12-7-9-13(19-2)10-8-12)11-20(17,18)14-5-3-4-6-14/h7-10,14-16H,3-6,11H2,1-2H3. The molecule has 0 bridgehead atoms. The fraction of sp³-hybridized carbons (Fsp3) is 0.600. The molecule has 1 aromatic rings. The van der Waals surface area contributed by atoms with Gasteiger partial charge in [-0.1, -0.05) is 25.0 Å². The summed E-state index contributed by atoms with van der Waals surface area (Å²) in [7, 11) is 0.396. The van der Waals surface area contributed by atoms with Gasteiger partial charge < -0.3 is 10.1 Å². The van der Waals surface area contributed by atoms with Gasteiger partial charge in [0.05, 0.1) is 18.1 Å². The van der Waals surface area contributed by atoms with Gasteiger partial charge in [-0.15, -0.1) is 0 Å². The second-order valence-electron chi connectivity index (χ2n) is 5.35. The molecule has 0 saturated heterocycles. The summed E-state index contributed by atoms with van der Waals surface area (Å²) in [6, 6.07) is 7.41. The molecule has 0 aromatic heterocycles. The van der Waals surface area contributed by atoms with Crippen LogP contribution in [0.1, 0.15) is 37.3 Å². The monoisotopic (exact) mass is 297 g/mol. The number of benzene rings is 1. The summed E-state index contributed by atoms with van der Waals surface area (Å²) in [5.74, 6) is 0.947. The van der Waals surface area contributed by atoms with Crippen LogP contribution in [0.25, 0.3) is 0 Å². The van der Waals surface area contributed by atoms with E-state index < -0.39 is 9.84 Å². The summed E-state index contributed by atoms with van der Waals surface area (Å²) in [6.45, 7) is 0. The van der Waals surface area contributed by atoms with E-state index in [2.05, 4.69) is 5.32 Å². The molecule has 0 aliphatic heterocycles. The molecule has 1 aromatic carbocycles. The van der Waals surface area contributed by atoms with Crippen molar-refractivity contribution in [2.24, 2.45) is 0 Å². The summed E-state index contributed by atoms with van der Waals surface area (Å²) >= 11 is 0. The molecular weight excluding hydrogens is 274 g/mol. The molecular formula is C15H23NO3S. The molecule has 0 amide bonds. The zero-order chi connectivity index (χ0) is 14.6. The Kier molecular flexibility index (Phi) is 5.05. The molecule has 1 aliphatic rings. The first-order valence-corrected chi connectivity index (χ1v) is 8.81. The number of hydrogen-bond donors (Lipinski definition) is 1. The van der Waals surface area contributed by atoms with Crippen molar-refractivity contribution >= 4 is 9.84 Å². The molecule has 5 heteroatoms. The van der Waals surface area contributed by atoms with Crippen LogP contribution in [0.3, 0.4) is 0 Å². The fourth-order valence-electron chi connectivity index (χ4n) is 2.80. The van der Waals surface area contributed by atoms with Crippen molar-refractivity contribution in [2.45, 2.75) is 37.0 Å². The Hall–Kier alpha value is -1.07. The Morgan fingerprint density at radius 3 is 2.35 bits per heavy atom. The Labute approximate surface area is 121 Å². The minimum Gasteiger partial charge on any atom is -0.497 e. The zero-order valence-electron chi connectivity index (χ0n) is 12.1. The van der Waals surface area contributed by atoms with Gasteiger partial charge in [0, 0.05) is 6.04 Å². The number of rotatable bonds is 6. The highest BCUT2D eigenvalue weighted by Gasteiger charge is 2.31. The third-order valence-electron chi connectivity index (χ3n) is 4.08. The quantitative estimate of drug-likeness (QED) is 0.875. The number of hydrogen-bond acceptors (Lipinski definition) is 4. The predicted octanol–water partition coefficient (Wildman–Crippen LogP) is 2.31. The Morgan fingerprint density at radius 1 is 1.25 bits per heavy atom. The average molecular weight is 297 g/mol. The van der Waals surface area contributed by atoms with E-state index in [0.29, 0.717) is 0 Å². The molecule has 20 heavy (non-hydrogen) atoms. The van der Waals surface area contributed by atoms with Crippen molar-refractivity contribution in [3.8, 4) is 5.75 Å². The van der Waals surface area contributed by atoms with E-state index in [1.54, 1.807) is 14.2 Å². The smallest absolute Gasteiger partial charge is 0.155 e. The van der Waals surface area contributed by atoms with E-state index >= 15 is 0 Å². The molecule has 1 unspecified atom stereocenters. The fourth-order valence-corrected chi connectivity index (χ4v) is 4.95. The van der Waals surface area contributed by atoms with Gasteiger partial charge in [-0.25, -0.2) is 8.42 Å². The van der Waals surface area contributed by atoms with Crippen LogP contribution < -0.4 is 10.1 Å². The van der Waals surface area contributed by atoms with Crippen LogP contribution in [-0.2, 0) is 9.84 Å². The van der Waals surface area contributed by atoms with Crippen molar-refractivity contribution in [1.82, 2.24) is 5.32 Å². The number of sulfone groups is 1. The van der Waals surface area contributed by atoms with Crippen LogP contribution >= 0.6 is 0 Å². The SMILES string of the molecule is CNC(CS(=O)(=O)C1CCCC1)c1ccc(OC)cc1. The van der Waals surface area contributed by atoms with Crippen LogP contribution in [0.15, 0.2) is 24.3 Å². The minimum atomic E-state index is -3.03. The Balaban J connectivity index is 2.11. The van der Waals surface area contributed by atoms with Gasteiger partial charge in [-0.2, -0.15) is 0 Å². The first-order valence-electron chi connectivity index (χ1n) is 7.09. The molecule has 0 spiro atoms. The van der Waals surface area contributed by atoms with E-state index in [0.717, 1.165) is 37.0 Å². The summed E-state index contributed by atoms with van der Waals surface area (Å²) in [6.07, 6.45) is 3.72. The lowest BCUT2D eigenvalue weighted by molar-refractivity contribution is 0.414. The maximum absolute atomic E-state index is 12.4. The first kappa shape index (κ1) is 15.3. The molecule has 2 rings (SSSR count). The van der Waals surface area contributed by atoms with Gasteiger partial charge in [0.25, 0.3) is 0 Å². The Morgan fingerprint density at radius 2 is 1.85 bits per heavy atom. The lowest BCUT2D eigenvalue weighted by Gasteiger charge is -2.19.